The van der Waals surface area contributed by atoms with Gasteiger partial charge in [-0.2, -0.15) is 0 Å². The zero-order valence-corrected chi connectivity index (χ0v) is 10.6. The van der Waals surface area contributed by atoms with Crippen LogP contribution in [0, 0.1) is 5.92 Å². The highest BCUT2D eigenvalue weighted by atomic mass is 15.1. The van der Waals surface area contributed by atoms with Crippen LogP contribution in [-0.4, -0.2) is 23.0 Å². The molecule has 0 bridgehead atoms. The minimum atomic E-state index is 0.566. The lowest BCUT2D eigenvalue weighted by atomic mass is 10.2. The highest BCUT2D eigenvalue weighted by Crippen LogP contribution is 2.06. The molecule has 0 aromatic carbocycles. The van der Waals surface area contributed by atoms with Crippen molar-refractivity contribution in [2.24, 2.45) is 11.7 Å². The van der Waals surface area contributed by atoms with E-state index in [0.717, 1.165) is 30.9 Å². The van der Waals surface area contributed by atoms with Crippen molar-refractivity contribution in [3.05, 3.63) is 29.6 Å². The van der Waals surface area contributed by atoms with Crippen LogP contribution in [-0.2, 0) is 13.1 Å². The lowest BCUT2D eigenvalue weighted by Crippen LogP contribution is -2.27. The number of hydrogen-bond donors (Lipinski definition) is 1. The Morgan fingerprint density at radius 3 is 2.56 bits per heavy atom. The Balaban J connectivity index is 2.56. The van der Waals surface area contributed by atoms with E-state index in [9.17, 15) is 0 Å². The van der Waals surface area contributed by atoms with Gasteiger partial charge in [-0.3, -0.25) is 9.88 Å². The molecule has 1 heterocycles. The molecular weight excluding hydrogens is 198 g/mol. The topological polar surface area (TPSA) is 42.1 Å². The van der Waals surface area contributed by atoms with Crippen LogP contribution in [0.4, 0.5) is 0 Å². The van der Waals surface area contributed by atoms with Crippen molar-refractivity contribution in [3.8, 4) is 0 Å². The lowest BCUT2D eigenvalue weighted by molar-refractivity contribution is 0.245. The highest BCUT2D eigenvalue weighted by molar-refractivity contribution is 5.13. The molecule has 0 amide bonds. The summed E-state index contributed by atoms with van der Waals surface area (Å²) in [6.45, 7) is 10.4. The normalized spacial score (nSPS) is 11.4. The van der Waals surface area contributed by atoms with E-state index in [1.807, 2.05) is 6.20 Å². The fourth-order valence-corrected chi connectivity index (χ4v) is 1.72. The van der Waals surface area contributed by atoms with Crippen molar-refractivity contribution in [2.45, 2.75) is 33.9 Å². The number of nitrogens with two attached hydrogens (primary N) is 1. The number of pyridine rings is 1. The second kappa shape index (κ2) is 6.61. The molecule has 0 radical (unpaired) electrons. The maximum atomic E-state index is 5.54. The number of aromatic nitrogens is 1. The maximum Gasteiger partial charge on any atom is 0.0544 e. The predicted octanol–water partition coefficient (Wildman–Crippen LogP) is 2.02. The zero-order chi connectivity index (χ0) is 12.0. The first-order chi connectivity index (χ1) is 7.65. The van der Waals surface area contributed by atoms with E-state index >= 15 is 0 Å². The summed E-state index contributed by atoms with van der Waals surface area (Å²) in [5.74, 6) is 0.697. The molecule has 0 spiro atoms. The van der Waals surface area contributed by atoms with Gasteiger partial charge >= 0.3 is 0 Å². The molecule has 90 valence electrons. The van der Waals surface area contributed by atoms with Gasteiger partial charge in [0, 0.05) is 25.8 Å². The molecule has 0 aliphatic carbocycles. The monoisotopic (exact) mass is 221 g/mol. The second-order valence-corrected chi connectivity index (χ2v) is 4.58. The first-order valence-corrected chi connectivity index (χ1v) is 6.02. The quantitative estimate of drug-likeness (QED) is 0.799. The summed E-state index contributed by atoms with van der Waals surface area (Å²) >= 11 is 0. The summed E-state index contributed by atoms with van der Waals surface area (Å²) in [5, 5.41) is 0. The van der Waals surface area contributed by atoms with Crippen molar-refractivity contribution < 1.29 is 0 Å². The summed E-state index contributed by atoms with van der Waals surface area (Å²) in [6, 6.07) is 4.14. The lowest BCUT2D eigenvalue weighted by Gasteiger charge is -2.22. The molecule has 16 heavy (non-hydrogen) atoms. The summed E-state index contributed by atoms with van der Waals surface area (Å²) in [6.07, 6.45) is 1.87. The highest BCUT2D eigenvalue weighted by Gasteiger charge is 2.06. The molecule has 0 saturated carbocycles. The maximum absolute atomic E-state index is 5.54. The smallest absolute Gasteiger partial charge is 0.0544 e. The van der Waals surface area contributed by atoms with E-state index in [-0.39, 0.29) is 0 Å². The van der Waals surface area contributed by atoms with Gasteiger partial charge in [-0.15, -0.1) is 0 Å². The third-order valence-electron chi connectivity index (χ3n) is 2.58. The zero-order valence-electron chi connectivity index (χ0n) is 10.6. The molecular formula is C13H23N3. The third kappa shape index (κ3) is 4.29. The van der Waals surface area contributed by atoms with Crippen LogP contribution in [0.15, 0.2) is 18.3 Å². The van der Waals surface area contributed by atoms with Gasteiger partial charge in [0.25, 0.3) is 0 Å². The standard InChI is InChI=1S/C13H23N3/c1-4-16(9-11(2)3)10-13-6-5-12(7-14)8-15-13/h5-6,8,11H,4,7,9-10,14H2,1-3H3. The van der Waals surface area contributed by atoms with Crippen LogP contribution < -0.4 is 5.73 Å². The Morgan fingerprint density at radius 2 is 2.12 bits per heavy atom. The van der Waals surface area contributed by atoms with Crippen LogP contribution in [0.3, 0.4) is 0 Å². The van der Waals surface area contributed by atoms with Gasteiger partial charge in [0.05, 0.1) is 5.69 Å². The van der Waals surface area contributed by atoms with Gasteiger partial charge in [0.1, 0.15) is 0 Å². The van der Waals surface area contributed by atoms with Gasteiger partial charge in [0.15, 0.2) is 0 Å². The van der Waals surface area contributed by atoms with Crippen LogP contribution in [0.2, 0.25) is 0 Å². The van der Waals surface area contributed by atoms with Crippen molar-refractivity contribution >= 4 is 0 Å². The van der Waals surface area contributed by atoms with E-state index in [2.05, 4.69) is 42.8 Å². The van der Waals surface area contributed by atoms with Crippen LogP contribution in [0.25, 0.3) is 0 Å². The molecule has 0 fully saturated rings. The molecule has 0 aliphatic rings. The first-order valence-electron chi connectivity index (χ1n) is 6.02. The fraction of sp³-hybridized carbons (Fsp3) is 0.615. The molecule has 3 nitrogen and oxygen atoms in total. The van der Waals surface area contributed by atoms with Crippen LogP contribution >= 0.6 is 0 Å². The molecule has 0 aliphatic heterocycles. The predicted molar refractivity (Wildman–Crippen MR) is 67.9 cm³/mol. The number of nitrogens with zero attached hydrogens (tertiary/aromatic N) is 2. The van der Waals surface area contributed by atoms with E-state index in [4.69, 9.17) is 5.73 Å². The van der Waals surface area contributed by atoms with Gasteiger partial charge < -0.3 is 5.73 Å². The van der Waals surface area contributed by atoms with Crippen molar-refractivity contribution in [1.29, 1.82) is 0 Å². The largest absolute Gasteiger partial charge is 0.326 e. The summed E-state index contributed by atoms with van der Waals surface area (Å²) < 4.78 is 0. The van der Waals surface area contributed by atoms with E-state index < -0.39 is 0 Å². The molecule has 0 atom stereocenters. The fourth-order valence-electron chi connectivity index (χ4n) is 1.72. The SMILES string of the molecule is CCN(Cc1ccc(CN)cn1)CC(C)C. The van der Waals surface area contributed by atoms with E-state index in [1.165, 1.54) is 0 Å². The molecule has 1 rings (SSSR count). The van der Waals surface area contributed by atoms with Crippen molar-refractivity contribution in [3.63, 3.8) is 0 Å². The third-order valence-corrected chi connectivity index (χ3v) is 2.58. The molecule has 1 aromatic heterocycles. The van der Waals surface area contributed by atoms with Crippen molar-refractivity contribution in [1.82, 2.24) is 9.88 Å². The van der Waals surface area contributed by atoms with E-state index in [0.29, 0.717) is 12.5 Å². The Labute approximate surface area is 98.7 Å². The summed E-state index contributed by atoms with van der Waals surface area (Å²) in [4.78, 5) is 6.83. The number of hydrogen-bond acceptors (Lipinski definition) is 3. The molecule has 0 saturated heterocycles. The Morgan fingerprint density at radius 1 is 1.38 bits per heavy atom. The van der Waals surface area contributed by atoms with Gasteiger partial charge in [-0.25, -0.2) is 0 Å². The minimum Gasteiger partial charge on any atom is -0.326 e. The minimum absolute atomic E-state index is 0.566. The molecule has 0 unspecified atom stereocenters. The Hall–Kier alpha value is -0.930. The molecule has 1 aromatic rings. The average Bonchev–Trinajstić information content (AvgIpc) is 2.28. The molecule has 3 heteroatoms. The van der Waals surface area contributed by atoms with Gasteiger partial charge in [-0.05, 0) is 24.1 Å². The average molecular weight is 221 g/mol. The van der Waals surface area contributed by atoms with E-state index in [1.54, 1.807) is 0 Å². The Bertz CT molecular complexity index is 293. The summed E-state index contributed by atoms with van der Waals surface area (Å²) in [5.41, 5.74) is 7.76. The summed E-state index contributed by atoms with van der Waals surface area (Å²) in [7, 11) is 0. The number of rotatable bonds is 6. The molecule has 2 N–H and O–H groups in total. The first kappa shape index (κ1) is 13.1. The van der Waals surface area contributed by atoms with Crippen LogP contribution in [0.5, 0.6) is 0 Å². The van der Waals surface area contributed by atoms with Gasteiger partial charge in [0.2, 0.25) is 0 Å². The van der Waals surface area contributed by atoms with Crippen molar-refractivity contribution in [2.75, 3.05) is 13.1 Å². The van der Waals surface area contributed by atoms with Gasteiger partial charge in [-0.1, -0.05) is 26.8 Å². The second-order valence-electron chi connectivity index (χ2n) is 4.58. The Kier molecular flexibility index (Phi) is 5.43. The van der Waals surface area contributed by atoms with Crippen LogP contribution in [0.1, 0.15) is 32.0 Å².